The molecule has 3 aromatic rings. The molecule has 0 aliphatic carbocycles. The second-order valence-electron chi connectivity index (χ2n) is 13.2. The summed E-state index contributed by atoms with van der Waals surface area (Å²) in [6.07, 6.45) is -15.3. The molecule has 1 amide bonds. The number of nitrogens with zero attached hydrogens (tertiary/aromatic N) is 3. The number of hydrogen-bond acceptors (Lipinski definition) is 7. The summed E-state index contributed by atoms with van der Waals surface area (Å²) in [5.74, 6) is -2.18. The van der Waals surface area contributed by atoms with E-state index in [9.17, 15) is 49.1 Å². The van der Waals surface area contributed by atoms with Gasteiger partial charge in [-0.3, -0.25) is 14.7 Å². The summed E-state index contributed by atoms with van der Waals surface area (Å²) in [7, 11) is 0. The molecule has 3 N–H and O–H groups in total. The number of carboxylic acid groups (broad SMARTS) is 1. The Bertz CT molecular complexity index is 1810. The number of carbonyl (C=O) groups is 2. The molecule has 18 heteroatoms. The number of rotatable bonds is 10. The van der Waals surface area contributed by atoms with Gasteiger partial charge in [-0.25, -0.2) is 4.79 Å². The molecule has 0 radical (unpaired) electrons. The van der Waals surface area contributed by atoms with Gasteiger partial charge in [-0.05, 0) is 91.3 Å². The van der Waals surface area contributed by atoms with Gasteiger partial charge in [-0.15, -0.1) is 0 Å². The number of hydrogen-bond donors (Lipinski definition) is 2. The van der Waals surface area contributed by atoms with Crippen LogP contribution in [0.25, 0.3) is 0 Å². The number of carboxylic acids is 1. The lowest BCUT2D eigenvalue weighted by molar-refractivity contribution is -0.143. The number of fused-ring (bicyclic) bond motifs is 1. The van der Waals surface area contributed by atoms with Gasteiger partial charge < -0.3 is 25.2 Å². The molecule has 0 bridgehead atoms. The van der Waals surface area contributed by atoms with E-state index < -0.39 is 65.3 Å². The number of ether oxygens (including phenoxy) is 2. The van der Waals surface area contributed by atoms with Crippen molar-refractivity contribution >= 4 is 23.4 Å². The van der Waals surface area contributed by atoms with Crippen molar-refractivity contribution in [1.29, 1.82) is 0 Å². The molecule has 2 aromatic carbocycles. The van der Waals surface area contributed by atoms with Crippen molar-refractivity contribution in [2.75, 3.05) is 42.7 Å². The second kappa shape index (κ2) is 15.6. The van der Waals surface area contributed by atoms with E-state index in [4.69, 9.17) is 20.3 Å². The van der Waals surface area contributed by atoms with Crippen LogP contribution in [0.3, 0.4) is 0 Å². The quantitative estimate of drug-likeness (QED) is 0.156. The summed E-state index contributed by atoms with van der Waals surface area (Å²) in [5.41, 5.74) is 1.19. The number of anilines is 2. The van der Waals surface area contributed by atoms with E-state index in [2.05, 4.69) is 4.98 Å². The van der Waals surface area contributed by atoms with Gasteiger partial charge in [0.15, 0.2) is 0 Å². The highest BCUT2D eigenvalue weighted by Crippen LogP contribution is 2.49. The summed E-state index contributed by atoms with van der Waals surface area (Å²) in [4.78, 5) is 31.9. The van der Waals surface area contributed by atoms with E-state index in [-0.39, 0.29) is 72.8 Å². The number of aliphatic carboxylic acids is 1. The molecule has 0 saturated carbocycles. The maximum Gasteiger partial charge on any atom is 0.416 e. The number of halogens is 9. The van der Waals surface area contributed by atoms with Crippen molar-refractivity contribution in [1.82, 2.24) is 4.98 Å². The van der Waals surface area contributed by atoms with Crippen LogP contribution in [0.15, 0.2) is 48.7 Å². The van der Waals surface area contributed by atoms with Crippen LogP contribution < -0.4 is 15.5 Å². The molecular weight excluding hydrogens is 739 g/mol. The Morgan fingerprint density at radius 1 is 0.926 bits per heavy atom. The monoisotopic (exact) mass is 776 g/mol. The average Bonchev–Trinajstić information content (AvgIpc) is 3.10. The third-order valence-electron chi connectivity index (χ3n) is 9.51. The van der Waals surface area contributed by atoms with Gasteiger partial charge in [-0.1, -0.05) is 6.92 Å². The van der Waals surface area contributed by atoms with E-state index in [1.54, 1.807) is 6.92 Å². The summed E-state index contributed by atoms with van der Waals surface area (Å²) < 4.78 is 136. The maximum absolute atomic E-state index is 14.2. The molecule has 2 aliphatic heterocycles. The van der Waals surface area contributed by atoms with Crippen molar-refractivity contribution in [2.24, 2.45) is 5.73 Å². The number of benzene rings is 2. The topological polar surface area (TPSA) is 118 Å². The number of alkyl halides is 9. The lowest BCUT2D eigenvalue weighted by Gasteiger charge is -2.47. The van der Waals surface area contributed by atoms with Crippen LogP contribution in [0.5, 0.6) is 0 Å². The Balaban J connectivity index is 1.66. The minimum atomic E-state index is -5.13. The number of amides is 1. The Labute approximate surface area is 303 Å². The molecule has 1 saturated heterocycles. The molecular formula is C36H37F9N4O5. The molecule has 54 heavy (non-hydrogen) atoms. The highest BCUT2D eigenvalue weighted by molar-refractivity contribution is 5.91. The van der Waals surface area contributed by atoms with Crippen LogP contribution in [0.2, 0.25) is 0 Å². The number of morpholine rings is 1. The fourth-order valence-electron chi connectivity index (χ4n) is 6.74. The molecule has 2 aliphatic rings. The van der Waals surface area contributed by atoms with E-state index in [0.717, 1.165) is 23.1 Å². The standard InChI is InChI=1S/C36H37F9N4O5/c1-2-33(46)19-28(27-18-23(34(37,38)39)6-7-29(27)49(33)32(52)54-10-4-3-5-30(50)51)31-22(16-26(20-47-31)48-8-11-53-12-9-48)13-21-14-24(35(40,41)42)17-25(15-21)36(43,44)45/h6-7,14-18,20,28H,2-5,8-13,19,46H2,1H3,(H,50,51)/t28-,33+/m0/s1. The highest BCUT2D eigenvalue weighted by atomic mass is 19.4. The number of aromatic nitrogens is 1. The van der Waals surface area contributed by atoms with Crippen molar-refractivity contribution in [3.8, 4) is 0 Å². The molecule has 1 fully saturated rings. The third-order valence-corrected chi connectivity index (χ3v) is 9.51. The van der Waals surface area contributed by atoms with Crippen molar-refractivity contribution in [3.63, 3.8) is 0 Å². The predicted molar refractivity (Wildman–Crippen MR) is 177 cm³/mol. The van der Waals surface area contributed by atoms with Crippen LogP contribution in [0, 0.1) is 0 Å². The van der Waals surface area contributed by atoms with Gasteiger partial charge >= 0.3 is 30.6 Å². The van der Waals surface area contributed by atoms with Gasteiger partial charge in [0.25, 0.3) is 0 Å². The minimum absolute atomic E-state index is 0.00666. The maximum atomic E-state index is 14.2. The van der Waals surface area contributed by atoms with Crippen LogP contribution in [0.1, 0.15) is 84.0 Å². The van der Waals surface area contributed by atoms with Crippen molar-refractivity contribution in [2.45, 2.75) is 75.6 Å². The third kappa shape index (κ3) is 9.19. The Morgan fingerprint density at radius 3 is 2.13 bits per heavy atom. The lowest BCUT2D eigenvalue weighted by Crippen LogP contribution is -2.61. The smallest absolute Gasteiger partial charge is 0.416 e. The second-order valence-corrected chi connectivity index (χ2v) is 13.2. The van der Waals surface area contributed by atoms with Crippen LogP contribution >= 0.6 is 0 Å². The predicted octanol–water partition coefficient (Wildman–Crippen LogP) is 8.36. The van der Waals surface area contributed by atoms with Crippen molar-refractivity contribution < 1.29 is 63.7 Å². The Morgan fingerprint density at radius 2 is 1.56 bits per heavy atom. The van der Waals surface area contributed by atoms with Gasteiger partial charge in [0.2, 0.25) is 0 Å². The number of nitrogens with two attached hydrogens (primary N) is 1. The first kappa shape index (κ1) is 40.6. The SMILES string of the molecule is CC[C@]1(N)C[C@H](c2ncc(N3CCOCC3)cc2Cc2cc(C(F)(F)F)cc(C(F)(F)F)c2)c2cc(C(F)(F)F)ccc2N1C(=O)OCCCCC(=O)O. The first-order chi connectivity index (χ1) is 25.2. The normalized spacial score (nSPS) is 19.4. The Hall–Kier alpha value is -4.58. The molecule has 0 spiro atoms. The van der Waals surface area contributed by atoms with Gasteiger partial charge in [-0.2, -0.15) is 39.5 Å². The number of carbonyl (C=O) groups excluding carboxylic acids is 1. The van der Waals surface area contributed by atoms with E-state index in [0.29, 0.717) is 44.1 Å². The van der Waals surface area contributed by atoms with E-state index in [1.807, 2.05) is 4.90 Å². The molecule has 2 atom stereocenters. The summed E-state index contributed by atoms with van der Waals surface area (Å²) in [5, 5.41) is 8.89. The zero-order chi connectivity index (χ0) is 39.6. The summed E-state index contributed by atoms with van der Waals surface area (Å²) >= 11 is 0. The first-order valence-corrected chi connectivity index (χ1v) is 17.0. The number of pyridine rings is 1. The lowest BCUT2D eigenvalue weighted by atomic mass is 9.77. The number of unbranched alkanes of at least 4 members (excludes halogenated alkanes) is 1. The van der Waals surface area contributed by atoms with Crippen LogP contribution in [-0.4, -0.2) is 60.7 Å². The van der Waals surface area contributed by atoms with Gasteiger partial charge in [0, 0.05) is 25.4 Å². The van der Waals surface area contributed by atoms with Crippen molar-refractivity contribution in [3.05, 3.63) is 87.7 Å². The summed E-state index contributed by atoms with van der Waals surface area (Å²) in [6, 6.07) is 5.34. The van der Waals surface area contributed by atoms with Crippen LogP contribution in [-0.2, 0) is 39.2 Å². The van der Waals surface area contributed by atoms with Crippen LogP contribution in [0.4, 0.5) is 55.7 Å². The molecule has 5 rings (SSSR count). The fourth-order valence-corrected chi connectivity index (χ4v) is 6.74. The van der Waals surface area contributed by atoms with E-state index in [1.165, 1.54) is 12.3 Å². The minimum Gasteiger partial charge on any atom is -0.481 e. The molecule has 9 nitrogen and oxygen atoms in total. The van der Waals surface area contributed by atoms with Gasteiger partial charge in [0.1, 0.15) is 5.66 Å². The zero-order valence-electron chi connectivity index (χ0n) is 28.9. The molecule has 1 aromatic heterocycles. The van der Waals surface area contributed by atoms with E-state index >= 15 is 0 Å². The molecule has 294 valence electrons. The Kier molecular flexibility index (Phi) is 11.8. The molecule has 3 heterocycles. The highest BCUT2D eigenvalue weighted by Gasteiger charge is 2.47. The zero-order valence-corrected chi connectivity index (χ0v) is 28.9. The largest absolute Gasteiger partial charge is 0.481 e. The van der Waals surface area contributed by atoms with Gasteiger partial charge in [0.05, 0.1) is 59.8 Å². The summed E-state index contributed by atoms with van der Waals surface area (Å²) in [6.45, 7) is 2.84. The fraction of sp³-hybridized carbons (Fsp3) is 0.472. The first-order valence-electron chi connectivity index (χ1n) is 17.0. The molecule has 0 unspecified atom stereocenters. The average molecular weight is 777 g/mol.